The standard InChI is InChI=1S/C16H22BrFN2O2/c1-11(2)9-20-5-6-22-13(10-20)8-19-16(21)14-4-3-12(17)7-15(14)18/h3-4,7,11,13H,5-6,8-10H2,1-2H3,(H,19,21). The second-order valence-electron chi connectivity index (χ2n) is 5.98. The number of benzene rings is 1. The highest BCUT2D eigenvalue weighted by atomic mass is 79.9. The van der Waals surface area contributed by atoms with Crippen LogP contribution in [0.4, 0.5) is 4.39 Å². The van der Waals surface area contributed by atoms with Gasteiger partial charge in [-0.25, -0.2) is 4.39 Å². The van der Waals surface area contributed by atoms with E-state index in [1.807, 2.05) is 0 Å². The lowest BCUT2D eigenvalue weighted by Gasteiger charge is -2.33. The molecule has 1 saturated heterocycles. The Morgan fingerprint density at radius 3 is 3.00 bits per heavy atom. The molecule has 0 radical (unpaired) electrons. The molecule has 1 unspecified atom stereocenters. The Morgan fingerprint density at radius 2 is 2.32 bits per heavy atom. The Kier molecular flexibility index (Phi) is 6.35. The van der Waals surface area contributed by atoms with E-state index in [0.717, 1.165) is 19.6 Å². The first-order valence-electron chi connectivity index (χ1n) is 7.53. The van der Waals surface area contributed by atoms with E-state index in [9.17, 15) is 9.18 Å². The van der Waals surface area contributed by atoms with Crippen molar-refractivity contribution in [1.29, 1.82) is 0 Å². The normalized spacial score (nSPS) is 19.4. The quantitative estimate of drug-likeness (QED) is 0.863. The molecule has 0 bridgehead atoms. The summed E-state index contributed by atoms with van der Waals surface area (Å²) in [5, 5.41) is 2.76. The molecule has 1 atom stereocenters. The number of morpholine rings is 1. The number of rotatable bonds is 5. The van der Waals surface area contributed by atoms with Gasteiger partial charge in [-0.2, -0.15) is 0 Å². The summed E-state index contributed by atoms with van der Waals surface area (Å²) in [6.07, 6.45) is -0.0463. The van der Waals surface area contributed by atoms with E-state index in [0.29, 0.717) is 23.5 Å². The smallest absolute Gasteiger partial charge is 0.254 e. The fraction of sp³-hybridized carbons (Fsp3) is 0.562. The van der Waals surface area contributed by atoms with Crippen molar-refractivity contribution in [1.82, 2.24) is 10.2 Å². The van der Waals surface area contributed by atoms with Crippen molar-refractivity contribution in [3.8, 4) is 0 Å². The third-order valence-electron chi connectivity index (χ3n) is 3.51. The molecule has 1 amide bonds. The van der Waals surface area contributed by atoms with Crippen LogP contribution in [0.2, 0.25) is 0 Å². The van der Waals surface area contributed by atoms with E-state index >= 15 is 0 Å². The van der Waals surface area contributed by atoms with Gasteiger partial charge in [-0.15, -0.1) is 0 Å². The minimum atomic E-state index is -0.530. The summed E-state index contributed by atoms with van der Waals surface area (Å²) >= 11 is 3.18. The van der Waals surface area contributed by atoms with Crippen molar-refractivity contribution in [2.24, 2.45) is 5.92 Å². The zero-order valence-corrected chi connectivity index (χ0v) is 14.5. The molecule has 0 spiro atoms. The van der Waals surface area contributed by atoms with Gasteiger partial charge in [0.05, 0.1) is 18.3 Å². The van der Waals surface area contributed by atoms with E-state index in [-0.39, 0.29) is 11.7 Å². The molecular formula is C16H22BrFN2O2. The zero-order chi connectivity index (χ0) is 16.1. The van der Waals surface area contributed by atoms with Gasteiger partial charge < -0.3 is 10.1 Å². The molecule has 1 aliphatic heterocycles. The Morgan fingerprint density at radius 1 is 1.55 bits per heavy atom. The molecule has 0 aliphatic carbocycles. The lowest BCUT2D eigenvalue weighted by Crippen LogP contribution is -2.48. The SMILES string of the molecule is CC(C)CN1CCOC(CNC(=O)c2ccc(Br)cc2F)C1. The highest BCUT2D eigenvalue weighted by molar-refractivity contribution is 9.10. The van der Waals surface area contributed by atoms with E-state index in [2.05, 4.69) is 40.0 Å². The van der Waals surface area contributed by atoms with Crippen LogP contribution in [-0.2, 0) is 4.74 Å². The molecule has 1 N–H and O–H groups in total. The van der Waals surface area contributed by atoms with Crippen LogP contribution in [0.3, 0.4) is 0 Å². The van der Waals surface area contributed by atoms with Gasteiger partial charge in [0.15, 0.2) is 0 Å². The Labute approximate surface area is 139 Å². The van der Waals surface area contributed by atoms with Crippen molar-refractivity contribution in [2.45, 2.75) is 20.0 Å². The molecule has 22 heavy (non-hydrogen) atoms. The second-order valence-corrected chi connectivity index (χ2v) is 6.90. The maximum Gasteiger partial charge on any atom is 0.254 e. The Hall–Kier alpha value is -0.980. The van der Waals surface area contributed by atoms with Crippen molar-refractivity contribution in [3.63, 3.8) is 0 Å². The Balaban J connectivity index is 1.85. The molecule has 122 valence electrons. The van der Waals surface area contributed by atoms with Gasteiger partial charge in [0.2, 0.25) is 0 Å². The fourth-order valence-corrected chi connectivity index (χ4v) is 2.89. The van der Waals surface area contributed by atoms with E-state index in [4.69, 9.17) is 4.74 Å². The fourth-order valence-electron chi connectivity index (χ4n) is 2.56. The van der Waals surface area contributed by atoms with Gasteiger partial charge in [-0.1, -0.05) is 29.8 Å². The number of carbonyl (C=O) groups excluding carboxylic acids is 1. The van der Waals surface area contributed by atoms with Crippen LogP contribution in [-0.4, -0.2) is 49.7 Å². The zero-order valence-electron chi connectivity index (χ0n) is 12.9. The van der Waals surface area contributed by atoms with Crippen LogP contribution in [0.1, 0.15) is 24.2 Å². The summed E-state index contributed by atoms with van der Waals surface area (Å²) in [6.45, 7) is 8.16. The summed E-state index contributed by atoms with van der Waals surface area (Å²) in [5.74, 6) is -0.336. The molecule has 6 heteroatoms. The second kappa shape index (κ2) is 8.04. The van der Waals surface area contributed by atoms with Crippen LogP contribution in [0.5, 0.6) is 0 Å². The number of ether oxygens (including phenoxy) is 1. The summed E-state index contributed by atoms with van der Waals surface area (Å²) in [5.41, 5.74) is 0.0537. The summed E-state index contributed by atoms with van der Waals surface area (Å²) in [7, 11) is 0. The predicted octanol–water partition coefficient (Wildman–Crippen LogP) is 2.67. The van der Waals surface area contributed by atoms with Crippen LogP contribution in [0.25, 0.3) is 0 Å². The molecule has 1 aromatic carbocycles. The van der Waals surface area contributed by atoms with Gasteiger partial charge in [0.1, 0.15) is 5.82 Å². The first-order valence-corrected chi connectivity index (χ1v) is 8.32. The molecule has 1 aliphatic rings. The van der Waals surface area contributed by atoms with Crippen molar-refractivity contribution >= 4 is 21.8 Å². The number of hydrogen-bond donors (Lipinski definition) is 1. The number of nitrogens with zero attached hydrogens (tertiary/aromatic N) is 1. The van der Waals surface area contributed by atoms with Gasteiger partial charge in [-0.3, -0.25) is 9.69 Å². The molecule has 1 fully saturated rings. The van der Waals surface area contributed by atoms with Crippen molar-refractivity contribution < 1.29 is 13.9 Å². The summed E-state index contributed by atoms with van der Waals surface area (Å²) in [6, 6.07) is 4.41. The molecule has 1 aromatic rings. The first-order chi connectivity index (χ1) is 10.5. The van der Waals surface area contributed by atoms with Gasteiger partial charge >= 0.3 is 0 Å². The van der Waals surface area contributed by atoms with Crippen LogP contribution in [0.15, 0.2) is 22.7 Å². The number of hydrogen-bond acceptors (Lipinski definition) is 3. The van der Waals surface area contributed by atoms with Crippen LogP contribution in [0, 0.1) is 11.7 Å². The maximum absolute atomic E-state index is 13.7. The largest absolute Gasteiger partial charge is 0.374 e. The number of amides is 1. The topological polar surface area (TPSA) is 41.6 Å². The monoisotopic (exact) mass is 372 g/mol. The minimum absolute atomic E-state index is 0.0463. The minimum Gasteiger partial charge on any atom is -0.374 e. The van der Waals surface area contributed by atoms with E-state index < -0.39 is 11.7 Å². The lowest BCUT2D eigenvalue weighted by molar-refractivity contribution is -0.0295. The highest BCUT2D eigenvalue weighted by Crippen LogP contribution is 2.15. The maximum atomic E-state index is 13.7. The average molecular weight is 373 g/mol. The van der Waals surface area contributed by atoms with Gasteiger partial charge in [0.25, 0.3) is 5.91 Å². The predicted molar refractivity (Wildman–Crippen MR) is 87.5 cm³/mol. The summed E-state index contributed by atoms with van der Waals surface area (Å²) in [4.78, 5) is 14.4. The molecule has 2 rings (SSSR count). The summed E-state index contributed by atoms with van der Waals surface area (Å²) < 4.78 is 20.0. The molecule has 1 heterocycles. The highest BCUT2D eigenvalue weighted by Gasteiger charge is 2.22. The molecule has 4 nitrogen and oxygen atoms in total. The Bertz CT molecular complexity index is 525. The van der Waals surface area contributed by atoms with Gasteiger partial charge in [0, 0.05) is 30.7 Å². The van der Waals surface area contributed by atoms with Crippen LogP contribution >= 0.6 is 15.9 Å². The molecule has 0 aromatic heterocycles. The number of nitrogens with one attached hydrogen (secondary N) is 1. The van der Waals surface area contributed by atoms with E-state index in [1.165, 1.54) is 12.1 Å². The number of halogens is 2. The third-order valence-corrected chi connectivity index (χ3v) is 4.01. The van der Waals surface area contributed by atoms with Crippen molar-refractivity contribution in [3.05, 3.63) is 34.1 Å². The number of carbonyl (C=O) groups is 1. The first kappa shape index (κ1) is 17.4. The average Bonchev–Trinajstić information content (AvgIpc) is 2.44. The van der Waals surface area contributed by atoms with E-state index in [1.54, 1.807) is 6.07 Å². The van der Waals surface area contributed by atoms with Gasteiger partial charge in [-0.05, 0) is 24.1 Å². The third kappa shape index (κ3) is 5.04. The molecule has 0 saturated carbocycles. The lowest BCUT2D eigenvalue weighted by atomic mass is 10.1. The van der Waals surface area contributed by atoms with Crippen molar-refractivity contribution in [2.75, 3.05) is 32.8 Å². The van der Waals surface area contributed by atoms with Crippen LogP contribution < -0.4 is 5.32 Å². The molecular weight excluding hydrogens is 351 g/mol.